The molecule has 3 rings (SSSR count). The maximum Gasteiger partial charge on any atom is 0.393 e. The van der Waals surface area contributed by atoms with E-state index in [0.717, 1.165) is 25.7 Å². The lowest BCUT2D eigenvalue weighted by Gasteiger charge is -2.26. The highest BCUT2D eigenvalue weighted by molar-refractivity contribution is 6.02. The zero-order valence-corrected chi connectivity index (χ0v) is 15.5. The van der Waals surface area contributed by atoms with E-state index in [4.69, 9.17) is 5.73 Å². The van der Waals surface area contributed by atoms with Crippen LogP contribution in [0.1, 0.15) is 48.9 Å². The first kappa shape index (κ1) is 19.6. The van der Waals surface area contributed by atoms with Crippen LogP contribution in [0.2, 0.25) is 0 Å². The molecule has 1 atom stereocenters. The van der Waals surface area contributed by atoms with Crippen molar-refractivity contribution in [2.24, 2.45) is 5.92 Å². The molecule has 27 heavy (non-hydrogen) atoms. The molecule has 0 aromatic heterocycles. The summed E-state index contributed by atoms with van der Waals surface area (Å²) in [5, 5.41) is 5.98. The second-order valence-electron chi connectivity index (χ2n) is 7.49. The van der Waals surface area contributed by atoms with E-state index in [2.05, 4.69) is 10.6 Å². The Morgan fingerprint density at radius 2 is 1.89 bits per heavy atom. The van der Waals surface area contributed by atoms with Crippen LogP contribution < -0.4 is 21.3 Å². The molecule has 1 aromatic carbocycles. The lowest BCUT2D eigenvalue weighted by atomic mass is 9.95. The van der Waals surface area contributed by atoms with Crippen molar-refractivity contribution in [1.29, 1.82) is 0 Å². The van der Waals surface area contributed by atoms with Crippen LogP contribution >= 0.6 is 0 Å². The Morgan fingerprint density at radius 3 is 2.48 bits per heavy atom. The molecule has 0 spiro atoms. The number of nitrogens with two attached hydrogens (primary N) is 1. The smallest absolute Gasteiger partial charge is 0.393 e. The first-order chi connectivity index (χ1) is 12.8. The van der Waals surface area contributed by atoms with Crippen molar-refractivity contribution >= 4 is 23.0 Å². The minimum absolute atomic E-state index is 0.0342. The van der Waals surface area contributed by atoms with Crippen LogP contribution in [-0.4, -0.2) is 38.3 Å². The predicted octanol–water partition coefficient (Wildman–Crippen LogP) is 3.76. The molecular formula is C19H27F3N4O. The third-order valence-electron chi connectivity index (χ3n) is 5.61. The Bertz CT molecular complexity index is 686. The molecule has 1 heterocycles. The average Bonchev–Trinajstić information content (AvgIpc) is 3.12. The van der Waals surface area contributed by atoms with Gasteiger partial charge in [0.25, 0.3) is 5.91 Å². The van der Waals surface area contributed by atoms with Gasteiger partial charge < -0.3 is 21.3 Å². The van der Waals surface area contributed by atoms with Crippen LogP contribution in [0.5, 0.6) is 0 Å². The quantitative estimate of drug-likeness (QED) is 0.692. The van der Waals surface area contributed by atoms with Gasteiger partial charge in [0.1, 0.15) is 0 Å². The summed E-state index contributed by atoms with van der Waals surface area (Å²) in [7, 11) is 1.69. The lowest BCUT2D eigenvalue weighted by molar-refractivity contribution is -0.168. The van der Waals surface area contributed by atoms with Gasteiger partial charge in [-0.3, -0.25) is 4.79 Å². The van der Waals surface area contributed by atoms with Crippen molar-refractivity contribution in [3.05, 3.63) is 17.7 Å². The van der Waals surface area contributed by atoms with E-state index in [1.165, 1.54) is 6.42 Å². The molecular weight excluding hydrogens is 357 g/mol. The largest absolute Gasteiger partial charge is 0.397 e. The fraction of sp³-hybridized carbons (Fsp3) is 0.632. The Balaban J connectivity index is 1.86. The third-order valence-corrected chi connectivity index (χ3v) is 5.61. The third kappa shape index (κ3) is 4.42. The Hall–Kier alpha value is -2.12. The first-order valence-electron chi connectivity index (χ1n) is 9.53. The minimum Gasteiger partial charge on any atom is -0.397 e. The maximum absolute atomic E-state index is 13.1. The number of rotatable bonds is 4. The highest BCUT2D eigenvalue weighted by Crippen LogP contribution is 2.38. The Kier molecular flexibility index (Phi) is 5.72. The molecule has 2 aliphatic rings. The van der Waals surface area contributed by atoms with E-state index in [9.17, 15) is 18.0 Å². The normalized spacial score (nSPS) is 21.3. The highest BCUT2D eigenvalue weighted by atomic mass is 19.4. The molecule has 4 N–H and O–H groups in total. The summed E-state index contributed by atoms with van der Waals surface area (Å²) in [6, 6.07) is 3.37. The van der Waals surface area contributed by atoms with Gasteiger partial charge in [0, 0.05) is 26.2 Å². The number of amides is 1. The van der Waals surface area contributed by atoms with E-state index in [1.54, 1.807) is 24.1 Å². The van der Waals surface area contributed by atoms with Crippen LogP contribution in [0.25, 0.3) is 0 Å². The molecule has 1 aromatic rings. The van der Waals surface area contributed by atoms with Gasteiger partial charge >= 0.3 is 6.18 Å². The minimum atomic E-state index is -4.22. The van der Waals surface area contributed by atoms with Crippen LogP contribution in [0.4, 0.5) is 30.2 Å². The van der Waals surface area contributed by atoms with Crippen molar-refractivity contribution in [3.8, 4) is 0 Å². The molecule has 8 heteroatoms. The number of anilines is 3. The number of carbonyl (C=O) groups excluding carboxylic acids is 1. The van der Waals surface area contributed by atoms with E-state index in [-0.39, 0.29) is 31.5 Å². The molecule has 1 saturated carbocycles. The van der Waals surface area contributed by atoms with Crippen molar-refractivity contribution in [2.45, 2.75) is 50.7 Å². The van der Waals surface area contributed by atoms with Gasteiger partial charge in [0.15, 0.2) is 0 Å². The zero-order valence-electron chi connectivity index (χ0n) is 15.5. The highest BCUT2D eigenvalue weighted by Gasteiger charge is 2.44. The number of halogens is 3. The molecule has 1 amide bonds. The molecule has 0 bridgehead atoms. The topological polar surface area (TPSA) is 70.4 Å². The van der Waals surface area contributed by atoms with Crippen LogP contribution in [0.3, 0.4) is 0 Å². The molecule has 5 nitrogen and oxygen atoms in total. The summed E-state index contributed by atoms with van der Waals surface area (Å²) in [5.41, 5.74) is 7.89. The lowest BCUT2D eigenvalue weighted by Crippen LogP contribution is -2.37. The van der Waals surface area contributed by atoms with Gasteiger partial charge in [-0.25, -0.2) is 0 Å². The average molecular weight is 384 g/mol. The second-order valence-corrected chi connectivity index (χ2v) is 7.49. The molecule has 1 unspecified atom stereocenters. The number of carbonyl (C=O) groups is 1. The summed E-state index contributed by atoms with van der Waals surface area (Å²) in [6.07, 6.45) is 1.02. The fourth-order valence-electron chi connectivity index (χ4n) is 4.02. The van der Waals surface area contributed by atoms with E-state index in [1.807, 2.05) is 0 Å². The summed E-state index contributed by atoms with van der Waals surface area (Å²) >= 11 is 0. The Morgan fingerprint density at radius 1 is 1.19 bits per heavy atom. The van der Waals surface area contributed by atoms with Gasteiger partial charge in [-0.05, 0) is 31.4 Å². The van der Waals surface area contributed by atoms with Crippen LogP contribution in [0.15, 0.2) is 12.1 Å². The molecule has 1 aliphatic heterocycles. The number of hydrogen-bond donors (Lipinski definition) is 3. The number of benzene rings is 1. The second kappa shape index (κ2) is 7.86. The van der Waals surface area contributed by atoms with E-state index in [0.29, 0.717) is 22.6 Å². The van der Waals surface area contributed by atoms with Gasteiger partial charge in [-0.15, -0.1) is 0 Å². The fourth-order valence-corrected chi connectivity index (χ4v) is 4.02. The van der Waals surface area contributed by atoms with Gasteiger partial charge in [0.05, 0.1) is 28.5 Å². The van der Waals surface area contributed by atoms with E-state index < -0.39 is 12.1 Å². The van der Waals surface area contributed by atoms with Crippen molar-refractivity contribution in [1.82, 2.24) is 5.32 Å². The molecule has 2 fully saturated rings. The van der Waals surface area contributed by atoms with Gasteiger partial charge in [-0.1, -0.05) is 19.3 Å². The summed E-state index contributed by atoms with van der Waals surface area (Å²) in [6.45, 7) is 0.126. The molecule has 1 aliphatic carbocycles. The number of nitrogen functional groups attached to an aromatic ring is 1. The molecule has 0 radical (unpaired) electrons. The SMILES string of the molecule is CNc1cc(N2CCC(C(F)(F)F)C2)c(C(=O)NC2CCCCC2)cc1N. The van der Waals surface area contributed by atoms with E-state index >= 15 is 0 Å². The predicted molar refractivity (Wildman–Crippen MR) is 101 cm³/mol. The summed E-state index contributed by atoms with van der Waals surface area (Å²) in [5.74, 6) is -1.64. The summed E-state index contributed by atoms with van der Waals surface area (Å²) in [4.78, 5) is 14.5. The number of nitrogens with zero attached hydrogens (tertiary/aromatic N) is 1. The number of hydrogen-bond acceptors (Lipinski definition) is 4. The zero-order chi connectivity index (χ0) is 19.6. The van der Waals surface area contributed by atoms with Crippen molar-refractivity contribution in [2.75, 3.05) is 36.1 Å². The summed E-state index contributed by atoms with van der Waals surface area (Å²) < 4.78 is 39.3. The number of alkyl halides is 3. The molecule has 1 saturated heterocycles. The van der Waals surface area contributed by atoms with Gasteiger partial charge in [-0.2, -0.15) is 13.2 Å². The first-order valence-corrected chi connectivity index (χ1v) is 9.53. The molecule has 150 valence electrons. The van der Waals surface area contributed by atoms with Crippen molar-refractivity contribution in [3.63, 3.8) is 0 Å². The van der Waals surface area contributed by atoms with Gasteiger partial charge in [0.2, 0.25) is 0 Å². The standard InChI is InChI=1S/C19H27F3N4O/c1-24-16-10-17(26-8-7-12(11-26)19(20,21)22)14(9-15(16)23)18(27)25-13-5-3-2-4-6-13/h9-10,12-13,24H,2-8,11,23H2,1H3,(H,25,27). The monoisotopic (exact) mass is 384 g/mol. The van der Waals surface area contributed by atoms with Crippen molar-refractivity contribution < 1.29 is 18.0 Å². The number of nitrogens with one attached hydrogen (secondary N) is 2. The van der Waals surface area contributed by atoms with Crippen LogP contribution in [-0.2, 0) is 0 Å². The Labute approximate surface area is 157 Å². The maximum atomic E-state index is 13.1. The van der Waals surface area contributed by atoms with Crippen LogP contribution in [0, 0.1) is 5.92 Å².